The summed E-state index contributed by atoms with van der Waals surface area (Å²) in [6.07, 6.45) is -0.260. The third-order valence-electron chi connectivity index (χ3n) is 2.96. The lowest BCUT2D eigenvalue weighted by Crippen LogP contribution is -2.28. The molecule has 0 bridgehead atoms. The number of hydrogen-bond acceptors (Lipinski definition) is 4. The van der Waals surface area contributed by atoms with Crippen molar-refractivity contribution < 1.29 is 14.4 Å². The van der Waals surface area contributed by atoms with Crippen LogP contribution in [0.3, 0.4) is 0 Å². The molecule has 2 aromatic rings. The van der Waals surface area contributed by atoms with Crippen LogP contribution in [0.2, 0.25) is 0 Å². The quantitative estimate of drug-likeness (QED) is 0.385. The Labute approximate surface area is 129 Å². The number of para-hydroxylation sites is 1. The van der Waals surface area contributed by atoms with Gasteiger partial charge >= 0.3 is 5.97 Å². The van der Waals surface area contributed by atoms with E-state index in [1.807, 2.05) is 43.3 Å². The lowest BCUT2D eigenvalue weighted by atomic mass is 10.2. The van der Waals surface area contributed by atoms with Crippen molar-refractivity contribution >= 4 is 11.8 Å². The van der Waals surface area contributed by atoms with Crippen LogP contribution in [0.4, 0.5) is 0 Å². The predicted octanol–water partition coefficient (Wildman–Crippen LogP) is 2.71. The first-order valence-electron chi connectivity index (χ1n) is 7.02. The van der Waals surface area contributed by atoms with Crippen LogP contribution in [-0.4, -0.2) is 17.9 Å². The molecule has 0 unspecified atom stereocenters. The van der Waals surface area contributed by atoms with E-state index in [0.717, 1.165) is 0 Å². The van der Waals surface area contributed by atoms with Crippen LogP contribution in [0.5, 0.6) is 5.75 Å². The molecule has 0 heterocycles. The number of nitrogens with zero attached hydrogens (tertiary/aromatic N) is 1. The summed E-state index contributed by atoms with van der Waals surface area (Å²) in [5.74, 6) is 0.167. The van der Waals surface area contributed by atoms with Crippen molar-refractivity contribution in [2.45, 2.75) is 19.4 Å². The number of rotatable bonds is 6. The third kappa shape index (κ3) is 4.34. The third-order valence-corrected chi connectivity index (χ3v) is 2.96. The van der Waals surface area contributed by atoms with Gasteiger partial charge in [-0.15, -0.1) is 0 Å². The smallest absolute Gasteiger partial charge is 0.375 e. The van der Waals surface area contributed by atoms with Crippen molar-refractivity contribution in [2.75, 3.05) is 0 Å². The molecule has 5 heteroatoms. The molecule has 0 saturated carbocycles. The van der Waals surface area contributed by atoms with Gasteiger partial charge in [0.25, 0.3) is 0 Å². The van der Waals surface area contributed by atoms with Crippen LogP contribution in [0, 0.1) is 0 Å². The summed E-state index contributed by atoms with van der Waals surface area (Å²) in [6, 6.07) is 18.2. The topological polar surface area (TPSA) is 73.9 Å². The maximum Gasteiger partial charge on any atom is 0.375 e. The minimum absolute atomic E-state index is 0.142. The van der Waals surface area contributed by atoms with Gasteiger partial charge in [0.1, 0.15) is 5.75 Å². The Balaban J connectivity index is 1.98. The van der Waals surface area contributed by atoms with E-state index in [1.165, 1.54) is 0 Å². The minimum Gasteiger partial charge on any atom is -0.479 e. The molecule has 0 spiro atoms. The molecule has 1 atom stereocenters. The average molecular weight is 298 g/mol. The van der Waals surface area contributed by atoms with E-state index in [4.69, 9.17) is 15.3 Å². The Hall–Kier alpha value is -2.82. The van der Waals surface area contributed by atoms with Crippen LogP contribution < -0.4 is 10.5 Å². The maximum atomic E-state index is 12.0. The molecule has 22 heavy (non-hydrogen) atoms. The second-order valence-electron chi connectivity index (χ2n) is 4.58. The van der Waals surface area contributed by atoms with Gasteiger partial charge in [0.2, 0.25) is 0 Å². The lowest BCUT2D eigenvalue weighted by molar-refractivity contribution is -0.152. The Morgan fingerprint density at radius 2 is 1.68 bits per heavy atom. The molecule has 0 radical (unpaired) electrons. The molecule has 0 aliphatic rings. The fourth-order valence-corrected chi connectivity index (χ4v) is 1.78. The number of ether oxygens (including phenoxy) is 1. The van der Waals surface area contributed by atoms with Gasteiger partial charge in [0.05, 0.1) is 0 Å². The number of benzene rings is 2. The highest BCUT2D eigenvalue weighted by molar-refractivity contribution is 5.97. The van der Waals surface area contributed by atoms with Crippen LogP contribution in [0.25, 0.3) is 0 Å². The van der Waals surface area contributed by atoms with Crippen molar-refractivity contribution in [3.63, 3.8) is 0 Å². The van der Waals surface area contributed by atoms with E-state index in [-0.39, 0.29) is 5.84 Å². The van der Waals surface area contributed by atoms with E-state index >= 15 is 0 Å². The fourth-order valence-electron chi connectivity index (χ4n) is 1.78. The Kier molecular flexibility index (Phi) is 5.54. The normalized spacial score (nSPS) is 12.5. The molecular formula is C17H18N2O3. The molecule has 2 N–H and O–H groups in total. The Bertz CT molecular complexity index is 627. The predicted molar refractivity (Wildman–Crippen MR) is 84.4 cm³/mol. The van der Waals surface area contributed by atoms with Gasteiger partial charge < -0.3 is 15.3 Å². The van der Waals surface area contributed by atoms with Gasteiger partial charge in [-0.05, 0) is 18.6 Å². The van der Waals surface area contributed by atoms with Gasteiger partial charge in [-0.1, -0.05) is 60.6 Å². The summed E-state index contributed by atoms with van der Waals surface area (Å²) < 4.78 is 5.58. The molecule has 0 aliphatic carbocycles. The lowest BCUT2D eigenvalue weighted by Gasteiger charge is -2.14. The van der Waals surface area contributed by atoms with Crippen molar-refractivity contribution in [2.24, 2.45) is 10.9 Å². The van der Waals surface area contributed by atoms with Crippen molar-refractivity contribution in [1.82, 2.24) is 0 Å². The fraction of sp³-hybridized carbons (Fsp3) is 0.176. The molecule has 0 saturated heterocycles. The van der Waals surface area contributed by atoms with Gasteiger partial charge in [-0.25, -0.2) is 4.79 Å². The number of hydrogen-bond donors (Lipinski definition) is 1. The standard InChI is InChI=1S/C17H18N2O3/c1-2-15(21-14-11-7-4-8-12-14)17(20)22-19-16(18)13-9-5-3-6-10-13/h3-12,15H,2H2,1H3,(H2,18,19)/t15-/m0/s1. The van der Waals surface area contributed by atoms with Crippen LogP contribution in [-0.2, 0) is 9.63 Å². The van der Waals surface area contributed by atoms with E-state index in [0.29, 0.717) is 17.7 Å². The number of carbonyl (C=O) groups is 1. The van der Waals surface area contributed by atoms with Gasteiger partial charge in [0, 0.05) is 5.56 Å². The van der Waals surface area contributed by atoms with E-state index in [9.17, 15) is 4.79 Å². The monoisotopic (exact) mass is 298 g/mol. The summed E-state index contributed by atoms with van der Waals surface area (Å²) in [7, 11) is 0. The highest BCUT2D eigenvalue weighted by Crippen LogP contribution is 2.13. The first kappa shape index (κ1) is 15.6. The maximum absolute atomic E-state index is 12.0. The van der Waals surface area contributed by atoms with Gasteiger partial charge in [-0.2, -0.15) is 0 Å². The Morgan fingerprint density at radius 3 is 2.27 bits per heavy atom. The summed E-state index contributed by atoms with van der Waals surface area (Å²) >= 11 is 0. The van der Waals surface area contributed by atoms with Gasteiger partial charge in [-0.3, -0.25) is 0 Å². The van der Waals surface area contributed by atoms with Crippen molar-refractivity contribution in [3.05, 3.63) is 66.2 Å². The zero-order chi connectivity index (χ0) is 15.8. The summed E-state index contributed by atoms with van der Waals surface area (Å²) in [5.41, 5.74) is 6.46. The van der Waals surface area contributed by atoms with E-state index in [1.54, 1.807) is 24.3 Å². The van der Waals surface area contributed by atoms with E-state index in [2.05, 4.69) is 5.16 Å². The Morgan fingerprint density at radius 1 is 1.09 bits per heavy atom. The molecule has 2 aromatic carbocycles. The largest absolute Gasteiger partial charge is 0.479 e. The highest BCUT2D eigenvalue weighted by atomic mass is 16.7. The second kappa shape index (κ2) is 7.83. The number of oxime groups is 1. The molecule has 0 amide bonds. The number of nitrogens with two attached hydrogens (primary N) is 1. The summed E-state index contributed by atoms with van der Waals surface area (Å²) in [4.78, 5) is 16.9. The van der Waals surface area contributed by atoms with Crippen LogP contribution >= 0.6 is 0 Å². The number of carbonyl (C=O) groups excluding carboxylic acids is 1. The zero-order valence-corrected chi connectivity index (χ0v) is 12.3. The molecule has 0 aliphatic heterocycles. The summed E-state index contributed by atoms with van der Waals surface area (Å²) in [5, 5.41) is 3.67. The molecule has 0 aromatic heterocycles. The second-order valence-corrected chi connectivity index (χ2v) is 4.58. The first-order valence-corrected chi connectivity index (χ1v) is 7.02. The molecular weight excluding hydrogens is 280 g/mol. The molecule has 114 valence electrons. The van der Waals surface area contributed by atoms with Crippen molar-refractivity contribution in [1.29, 1.82) is 0 Å². The first-order chi connectivity index (χ1) is 10.7. The highest BCUT2D eigenvalue weighted by Gasteiger charge is 2.20. The van der Waals surface area contributed by atoms with Crippen molar-refractivity contribution in [3.8, 4) is 5.75 Å². The summed E-state index contributed by atoms with van der Waals surface area (Å²) in [6.45, 7) is 1.83. The van der Waals surface area contributed by atoms with Gasteiger partial charge in [0.15, 0.2) is 11.9 Å². The van der Waals surface area contributed by atoms with E-state index < -0.39 is 12.1 Å². The SMILES string of the molecule is CC[C@H](Oc1ccccc1)C(=O)O/N=C(/N)c1ccccc1. The average Bonchev–Trinajstić information content (AvgIpc) is 2.59. The minimum atomic E-state index is -0.727. The molecule has 0 fully saturated rings. The molecule has 5 nitrogen and oxygen atoms in total. The van der Waals surface area contributed by atoms with Crippen LogP contribution in [0.15, 0.2) is 65.8 Å². The number of amidine groups is 1. The van der Waals surface area contributed by atoms with Crippen LogP contribution in [0.1, 0.15) is 18.9 Å². The zero-order valence-electron chi connectivity index (χ0n) is 12.3. The molecule has 2 rings (SSSR count).